The molecule has 0 aromatic heterocycles. The molecule has 0 fully saturated rings. The van der Waals surface area contributed by atoms with Crippen LogP contribution in [0.15, 0.2) is 83.8 Å². The van der Waals surface area contributed by atoms with Gasteiger partial charge >= 0.3 is 0 Å². The molecule has 3 aromatic carbocycles. The fraction of sp³-hybridized carbons (Fsp3) is 0.333. The molecule has 10 nitrogen and oxygen atoms in total. The van der Waals surface area contributed by atoms with Crippen LogP contribution in [0, 0.1) is 17.0 Å². The van der Waals surface area contributed by atoms with Gasteiger partial charge in [-0.15, -0.1) is 0 Å². The third-order valence-electron chi connectivity index (χ3n) is 6.63. The van der Waals surface area contributed by atoms with Gasteiger partial charge in [0.05, 0.1) is 15.5 Å². The number of unbranched alkanes of at least 4 members (excludes halogenated alkanes) is 1. The first-order chi connectivity index (χ1) is 19.6. The summed E-state index contributed by atoms with van der Waals surface area (Å²) in [6, 6.07) is 19.3. The summed E-state index contributed by atoms with van der Waals surface area (Å²) in [5.74, 6) is -0.941. The van der Waals surface area contributed by atoms with Crippen molar-refractivity contribution < 1.29 is 22.9 Å². The van der Waals surface area contributed by atoms with Gasteiger partial charge in [-0.1, -0.05) is 74.4 Å². The van der Waals surface area contributed by atoms with Crippen LogP contribution in [-0.4, -0.2) is 49.2 Å². The van der Waals surface area contributed by atoms with Gasteiger partial charge in [0, 0.05) is 25.2 Å². The second-order valence-electron chi connectivity index (χ2n) is 9.68. The van der Waals surface area contributed by atoms with E-state index in [1.54, 1.807) is 25.1 Å². The van der Waals surface area contributed by atoms with E-state index in [9.17, 15) is 28.1 Å². The zero-order valence-corrected chi connectivity index (χ0v) is 24.3. The Hall–Kier alpha value is -4.25. The maximum atomic E-state index is 14.0. The molecule has 0 bridgehead atoms. The van der Waals surface area contributed by atoms with E-state index in [0.717, 1.165) is 34.3 Å². The van der Waals surface area contributed by atoms with Crippen molar-refractivity contribution in [1.82, 2.24) is 10.2 Å². The first-order valence-corrected chi connectivity index (χ1v) is 15.0. The Morgan fingerprint density at radius 1 is 0.976 bits per heavy atom. The quantitative estimate of drug-likeness (QED) is 0.165. The SMILES string of the molecule is CCCCNC(=O)C(CC)N(Cc1ccc(C)cc1)C(=O)CN(c1cccc([N+](=O)[O-])c1)S(=O)(=O)c1ccccc1. The summed E-state index contributed by atoms with van der Waals surface area (Å²) < 4.78 is 28.5. The summed E-state index contributed by atoms with van der Waals surface area (Å²) in [4.78, 5) is 39.4. The van der Waals surface area contributed by atoms with E-state index in [4.69, 9.17) is 0 Å². The highest BCUT2D eigenvalue weighted by molar-refractivity contribution is 7.92. The molecule has 218 valence electrons. The van der Waals surface area contributed by atoms with Crippen molar-refractivity contribution in [1.29, 1.82) is 0 Å². The Bertz CT molecular complexity index is 1450. The van der Waals surface area contributed by atoms with E-state index in [0.29, 0.717) is 13.0 Å². The molecule has 1 unspecified atom stereocenters. The molecule has 0 aliphatic heterocycles. The lowest BCUT2D eigenvalue weighted by molar-refractivity contribution is -0.384. The summed E-state index contributed by atoms with van der Waals surface area (Å²) in [5, 5.41) is 14.4. The third kappa shape index (κ3) is 8.14. The van der Waals surface area contributed by atoms with Crippen molar-refractivity contribution in [2.24, 2.45) is 0 Å². The van der Waals surface area contributed by atoms with Gasteiger partial charge in [-0.3, -0.25) is 24.0 Å². The number of non-ortho nitro benzene ring substituents is 1. The van der Waals surface area contributed by atoms with Crippen LogP contribution in [0.4, 0.5) is 11.4 Å². The molecule has 3 rings (SSSR count). The van der Waals surface area contributed by atoms with E-state index in [1.807, 2.05) is 38.1 Å². The fourth-order valence-corrected chi connectivity index (χ4v) is 5.75. The minimum absolute atomic E-state index is 0.0351. The molecule has 1 N–H and O–H groups in total. The first-order valence-electron chi connectivity index (χ1n) is 13.5. The Morgan fingerprint density at radius 2 is 1.66 bits per heavy atom. The molecule has 0 radical (unpaired) electrons. The second kappa shape index (κ2) is 14.4. The van der Waals surface area contributed by atoms with Gasteiger partial charge < -0.3 is 10.2 Å². The number of nitrogens with one attached hydrogen (secondary N) is 1. The van der Waals surface area contributed by atoms with Crippen LogP contribution in [0.5, 0.6) is 0 Å². The van der Waals surface area contributed by atoms with E-state index >= 15 is 0 Å². The van der Waals surface area contributed by atoms with E-state index < -0.39 is 33.4 Å². The predicted octanol–water partition coefficient (Wildman–Crippen LogP) is 4.82. The minimum Gasteiger partial charge on any atom is -0.354 e. The molecule has 0 saturated carbocycles. The molecule has 0 spiro atoms. The molecule has 1 atom stereocenters. The number of carbonyl (C=O) groups excluding carboxylic acids is 2. The maximum Gasteiger partial charge on any atom is 0.271 e. The highest BCUT2D eigenvalue weighted by atomic mass is 32.2. The van der Waals surface area contributed by atoms with Crippen molar-refractivity contribution in [3.05, 3.63) is 100 Å². The smallest absolute Gasteiger partial charge is 0.271 e. The zero-order valence-electron chi connectivity index (χ0n) is 23.5. The van der Waals surface area contributed by atoms with Crippen molar-refractivity contribution in [3.8, 4) is 0 Å². The van der Waals surface area contributed by atoms with Gasteiger partial charge in [0.15, 0.2) is 0 Å². The fourth-order valence-electron chi connectivity index (χ4n) is 4.33. The summed E-state index contributed by atoms with van der Waals surface area (Å²) in [6.07, 6.45) is 1.97. The molecule has 11 heteroatoms. The first kappa shape index (κ1) is 31.3. The Labute approximate surface area is 241 Å². The van der Waals surface area contributed by atoms with Crippen LogP contribution in [0.3, 0.4) is 0 Å². The number of sulfonamides is 1. The van der Waals surface area contributed by atoms with Gasteiger partial charge in [-0.05, 0) is 43.5 Å². The van der Waals surface area contributed by atoms with Crippen LogP contribution in [0.25, 0.3) is 0 Å². The van der Waals surface area contributed by atoms with E-state index in [2.05, 4.69) is 5.32 Å². The molecular weight excluding hydrogens is 544 g/mol. The number of amides is 2. The summed E-state index contributed by atoms with van der Waals surface area (Å²) >= 11 is 0. The second-order valence-corrected chi connectivity index (χ2v) is 11.5. The number of nitro groups is 1. The van der Waals surface area contributed by atoms with Crippen molar-refractivity contribution >= 4 is 33.2 Å². The summed E-state index contributed by atoms with van der Waals surface area (Å²) in [7, 11) is -4.31. The molecule has 0 aliphatic rings. The topological polar surface area (TPSA) is 130 Å². The van der Waals surface area contributed by atoms with Crippen LogP contribution in [-0.2, 0) is 26.2 Å². The number of aryl methyl sites for hydroxylation is 1. The lowest BCUT2D eigenvalue weighted by Crippen LogP contribution is -2.52. The highest BCUT2D eigenvalue weighted by Crippen LogP contribution is 2.27. The number of carbonyl (C=O) groups is 2. The van der Waals surface area contributed by atoms with E-state index in [-0.39, 0.29) is 28.7 Å². The van der Waals surface area contributed by atoms with Crippen LogP contribution < -0.4 is 9.62 Å². The van der Waals surface area contributed by atoms with Gasteiger partial charge in [-0.2, -0.15) is 0 Å². The Kier molecular flexibility index (Phi) is 11.0. The molecule has 2 amide bonds. The number of nitro benzene ring substituents is 1. The van der Waals surface area contributed by atoms with Crippen molar-refractivity contribution in [3.63, 3.8) is 0 Å². The monoisotopic (exact) mass is 580 g/mol. The minimum atomic E-state index is -4.31. The average Bonchev–Trinajstić information content (AvgIpc) is 2.97. The normalized spacial score (nSPS) is 11.9. The largest absolute Gasteiger partial charge is 0.354 e. The van der Waals surface area contributed by atoms with Gasteiger partial charge in [-0.25, -0.2) is 8.42 Å². The van der Waals surface area contributed by atoms with Gasteiger partial charge in [0.2, 0.25) is 11.8 Å². The number of anilines is 1. The third-order valence-corrected chi connectivity index (χ3v) is 8.42. The number of benzene rings is 3. The summed E-state index contributed by atoms with van der Waals surface area (Å²) in [6.45, 7) is 5.61. The van der Waals surface area contributed by atoms with Crippen LogP contribution in [0.1, 0.15) is 44.2 Å². The predicted molar refractivity (Wildman–Crippen MR) is 158 cm³/mol. The number of hydrogen-bond donors (Lipinski definition) is 1. The number of rotatable bonds is 14. The highest BCUT2D eigenvalue weighted by Gasteiger charge is 2.34. The zero-order chi connectivity index (χ0) is 30.0. The van der Waals surface area contributed by atoms with Gasteiger partial charge in [0.1, 0.15) is 12.6 Å². The van der Waals surface area contributed by atoms with Crippen LogP contribution in [0.2, 0.25) is 0 Å². The molecular formula is C30H36N4O6S. The van der Waals surface area contributed by atoms with Crippen LogP contribution >= 0.6 is 0 Å². The lowest BCUT2D eigenvalue weighted by Gasteiger charge is -2.33. The maximum absolute atomic E-state index is 14.0. The number of nitrogens with zero attached hydrogens (tertiary/aromatic N) is 3. The van der Waals surface area contributed by atoms with E-state index in [1.165, 1.54) is 35.2 Å². The van der Waals surface area contributed by atoms with Gasteiger partial charge in [0.25, 0.3) is 15.7 Å². The van der Waals surface area contributed by atoms with Crippen molar-refractivity contribution in [2.45, 2.75) is 57.5 Å². The molecule has 41 heavy (non-hydrogen) atoms. The van der Waals surface area contributed by atoms with Crippen molar-refractivity contribution in [2.75, 3.05) is 17.4 Å². The standard InChI is InChI=1S/C30H36N4O6S/c1-4-6-19-31-30(36)28(5-2)32(21-24-17-15-23(3)16-18-24)29(35)22-33(25-11-10-12-26(20-25)34(37)38)41(39,40)27-13-8-7-9-14-27/h7-18,20,28H,4-6,19,21-22H2,1-3H3,(H,31,36). The summed E-state index contributed by atoms with van der Waals surface area (Å²) in [5.41, 5.74) is 1.45. The Morgan fingerprint density at radius 3 is 2.27 bits per heavy atom. The molecule has 3 aromatic rings. The average molecular weight is 581 g/mol. The molecule has 0 aliphatic carbocycles. The number of hydrogen-bond acceptors (Lipinski definition) is 6. The lowest BCUT2D eigenvalue weighted by atomic mass is 10.1. The molecule has 0 heterocycles. The Balaban J connectivity index is 2.06. The molecule has 0 saturated heterocycles.